The quantitative estimate of drug-likeness (QED) is 0.451. The molecule has 2 aromatic heterocycles. The van der Waals surface area contributed by atoms with Gasteiger partial charge in [-0.2, -0.15) is 0 Å². The molecule has 0 N–H and O–H groups in total. The number of rotatable bonds is 7. The largest absolute Gasteiger partial charge is 0.493 e. The van der Waals surface area contributed by atoms with E-state index >= 15 is 0 Å². The first-order valence-electron chi connectivity index (χ1n) is 8.18. The van der Waals surface area contributed by atoms with Gasteiger partial charge >= 0.3 is 0 Å². The summed E-state index contributed by atoms with van der Waals surface area (Å²) < 4.78 is 7.99. The molecule has 2 heterocycles. The van der Waals surface area contributed by atoms with Gasteiger partial charge in [0.1, 0.15) is 5.75 Å². The van der Waals surface area contributed by atoms with Crippen molar-refractivity contribution in [3.63, 3.8) is 0 Å². The zero-order valence-electron chi connectivity index (χ0n) is 13.5. The van der Waals surface area contributed by atoms with Gasteiger partial charge in [0.15, 0.2) is 11.0 Å². The zero-order chi connectivity index (χ0) is 17.1. The first-order chi connectivity index (χ1) is 12.3. The standard InChI is InChI=1S/C18H17ClN4OS/c19-14-2-1-3-16(12-14)24-10-11-25-18-22-21-17(23(18)15-4-5-15)13-6-8-20-9-7-13/h1-3,6-9,12,15H,4-5,10-11H2. The van der Waals surface area contributed by atoms with Crippen LogP contribution in [0, 0.1) is 0 Å². The Morgan fingerprint density at radius 2 is 2.00 bits per heavy atom. The van der Waals surface area contributed by atoms with E-state index in [1.807, 2.05) is 36.4 Å². The lowest BCUT2D eigenvalue weighted by Crippen LogP contribution is -2.03. The maximum absolute atomic E-state index is 5.97. The van der Waals surface area contributed by atoms with Crippen LogP contribution in [0.25, 0.3) is 11.4 Å². The highest BCUT2D eigenvalue weighted by atomic mass is 35.5. The van der Waals surface area contributed by atoms with Crippen molar-refractivity contribution in [1.82, 2.24) is 19.7 Å². The molecule has 5 nitrogen and oxygen atoms in total. The van der Waals surface area contributed by atoms with Gasteiger partial charge in [-0.25, -0.2) is 0 Å². The Morgan fingerprint density at radius 3 is 2.76 bits per heavy atom. The van der Waals surface area contributed by atoms with Crippen molar-refractivity contribution in [2.24, 2.45) is 0 Å². The summed E-state index contributed by atoms with van der Waals surface area (Å²) in [6.45, 7) is 0.590. The number of benzene rings is 1. The molecule has 4 rings (SSSR count). The Bertz CT molecular complexity index is 851. The van der Waals surface area contributed by atoms with Crippen molar-refractivity contribution < 1.29 is 4.74 Å². The third kappa shape index (κ3) is 3.96. The van der Waals surface area contributed by atoms with Crippen LogP contribution in [0.3, 0.4) is 0 Å². The number of ether oxygens (including phenoxy) is 1. The minimum absolute atomic E-state index is 0.509. The highest BCUT2D eigenvalue weighted by molar-refractivity contribution is 7.99. The maximum atomic E-state index is 5.97. The van der Waals surface area contributed by atoms with Crippen LogP contribution in [0.2, 0.25) is 5.02 Å². The second-order valence-electron chi connectivity index (χ2n) is 5.80. The summed E-state index contributed by atoms with van der Waals surface area (Å²) in [5, 5.41) is 10.4. The number of hydrogen-bond donors (Lipinski definition) is 0. The molecule has 0 spiro atoms. The SMILES string of the molecule is Clc1cccc(OCCSc2nnc(-c3ccncc3)n2C2CC2)c1. The second kappa shape index (κ2) is 7.45. The molecule has 0 bridgehead atoms. The summed E-state index contributed by atoms with van der Waals surface area (Å²) in [7, 11) is 0. The molecule has 1 aromatic carbocycles. The number of hydrogen-bond acceptors (Lipinski definition) is 5. The van der Waals surface area contributed by atoms with Crippen LogP contribution in [0.1, 0.15) is 18.9 Å². The fourth-order valence-electron chi connectivity index (χ4n) is 2.58. The van der Waals surface area contributed by atoms with Crippen LogP contribution in [-0.2, 0) is 0 Å². The molecule has 128 valence electrons. The summed E-state index contributed by atoms with van der Waals surface area (Å²) in [5.74, 6) is 2.51. The van der Waals surface area contributed by atoms with E-state index in [0.717, 1.165) is 28.0 Å². The van der Waals surface area contributed by atoms with Crippen molar-refractivity contribution in [2.75, 3.05) is 12.4 Å². The molecule has 1 saturated carbocycles. The molecular weight excluding hydrogens is 356 g/mol. The Morgan fingerprint density at radius 1 is 1.16 bits per heavy atom. The lowest BCUT2D eigenvalue weighted by Gasteiger charge is -2.09. The van der Waals surface area contributed by atoms with Gasteiger partial charge in [0.25, 0.3) is 0 Å². The fraction of sp³-hybridized carbons (Fsp3) is 0.278. The first-order valence-corrected chi connectivity index (χ1v) is 9.54. The molecular formula is C18H17ClN4OS. The van der Waals surface area contributed by atoms with Crippen LogP contribution in [0.15, 0.2) is 53.9 Å². The highest BCUT2D eigenvalue weighted by Crippen LogP contribution is 2.40. The van der Waals surface area contributed by atoms with Crippen LogP contribution in [-0.4, -0.2) is 32.1 Å². The van der Waals surface area contributed by atoms with Crippen LogP contribution in [0.5, 0.6) is 5.75 Å². The lowest BCUT2D eigenvalue weighted by molar-refractivity contribution is 0.344. The first kappa shape index (κ1) is 16.4. The number of aromatic nitrogens is 4. The fourth-order valence-corrected chi connectivity index (χ4v) is 3.59. The van der Waals surface area contributed by atoms with E-state index in [1.54, 1.807) is 24.2 Å². The van der Waals surface area contributed by atoms with Crippen molar-refractivity contribution in [1.29, 1.82) is 0 Å². The minimum atomic E-state index is 0.509. The molecule has 0 unspecified atom stereocenters. The van der Waals surface area contributed by atoms with E-state index in [4.69, 9.17) is 16.3 Å². The van der Waals surface area contributed by atoms with E-state index in [0.29, 0.717) is 17.7 Å². The third-order valence-corrected chi connectivity index (χ3v) is 5.04. The zero-order valence-corrected chi connectivity index (χ0v) is 15.1. The molecule has 3 aromatic rings. The average Bonchev–Trinajstić information content (AvgIpc) is 3.39. The normalized spacial score (nSPS) is 13.8. The van der Waals surface area contributed by atoms with Gasteiger partial charge < -0.3 is 4.74 Å². The van der Waals surface area contributed by atoms with E-state index in [-0.39, 0.29) is 0 Å². The summed E-state index contributed by atoms with van der Waals surface area (Å²) in [6, 6.07) is 11.9. The predicted octanol–water partition coefficient (Wildman–Crippen LogP) is 4.50. The maximum Gasteiger partial charge on any atom is 0.191 e. The van der Waals surface area contributed by atoms with Crippen LogP contribution < -0.4 is 4.74 Å². The molecule has 0 radical (unpaired) electrons. The molecule has 1 fully saturated rings. The highest BCUT2D eigenvalue weighted by Gasteiger charge is 2.30. The van der Waals surface area contributed by atoms with E-state index < -0.39 is 0 Å². The van der Waals surface area contributed by atoms with Crippen molar-refractivity contribution in [3.05, 3.63) is 53.8 Å². The van der Waals surface area contributed by atoms with Gasteiger partial charge in [-0.1, -0.05) is 29.4 Å². The Labute approximate surface area is 155 Å². The topological polar surface area (TPSA) is 52.8 Å². The lowest BCUT2D eigenvalue weighted by atomic mass is 10.2. The van der Waals surface area contributed by atoms with Gasteiger partial charge in [-0.15, -0.1) is 10.2 Å². The van der Waals surface area contributed by atoms with Crippen molar-refractivity contribution in [2.45, 2.75) is 24.0 Å². The van der Waals surface area contributed by atoms with Gasteiger partial charge in [0, 0.05) is 34.8 Å². The Kier molecular flexibility index (Phi) is 4.90. The molecule has 7 heteroatoms. The van der Waals surface area contributed by atoms with Gasteiger partial charge in [-0.05, 0) is 43.2 Å². The predicted molar refractivity (Wildman–Crippen MR) is 99.2 cm³/mol. The Balaban J connectivity index is 1.42. The van der Waals surface area contributed by atoms with E-state index in [9.17, 15) is 0 Å². The number of halogens is 1. The number of pyridine rings is 1. The second-order valence-corrected chi connectivity index (χ2v) is 7.30. The summed E-state index contributed by atoms with van der Waals surface area (Å²) in [5.41, 5.74) is 1.05. The van der Waals surface area contributed by atoms with Gasteiger partial charge in [-0.3, -0.25) is 9.55 Å². The van der Waals surface area contributed by atoms with Gasteiger partial charge in [0.2, 0.25) is 0 Å². The number of thioether (sulfide) groups is 1. The molecule has 1 aliphatic carbocycles. The summed E-state index contributed by atoms with van der Waals surface area (Å²) in [6.07, 6.45) is 5.94. The minimum Gasteiger partial charge on any atom is -0.493 e. The summed E-state index contributed by atoms with van der Waals surface area (Å²) >= 11 is 7.64. The molecule has 0 amide bonds. The Hall–Kier alpha value is -2.05. The molecule has 25 heavy (non-hydrogen) atoms. The van der Waals surface area contributed by atoms with Crippen LogP contribution >= 0.6 is 23.4 Å². The third-order valence-electron chi connectivity index (χ3n) is 3.89. The molecule has 0 atom stereocenters. The van der Waals surface area contributed by atoms with Crippen molar-refractivity contribution >= 4 is 23.4 Å². The molecule has 0 aliphatic heterocycles. The molecule has 0 saturated heterocycles. The van der Waals surface area contributed by atoms with E-state index in [2.05, 4.69) is 19.7 Å². The smallest absolute Gasteiger partial charge is 0.191 e. The van der Waals surface area contributed by atoms with E-state index in [1.165, 1.54) is 12.8 Å². The summed E-state index contributed by atoms with van der Waals surface area (Å²) in [4.78, 5) is 4.07. The van der Waals surface area contributed by atoms with Gasteiger partial charge in [0.05, 0.1) is 6.61 Å². The number of nitrogens with zero attached hydrogens (tertiary/aromatic N) is 4. The monoisotopic (exact) mass is 372 g/mol. The van der Waals surface area contributed by atoms with Crippen LogP contribution in [0.4, 0.5) is 0 Å². The molecule has 1 aliphatic rings. The van der Waals surface area contributed by atoms with Crippen molar-refractivity contribution in [3.8, 4) is 17.1 Å². The average molecular weight is 373 g/mol.